The highest BCUT2D eigenvalue weighted by molar-refractivity contribution is 7.92. The van der Waals surface area contributed by atoms with E-state index in [0.29, 0.717) is 17.2 Å². The lowest BCUT2D eigenvalue weighted by atomic mass is 10.1. The molecule has 9 heteroatoms. The number of carbonyl (C=O) groups excluding carboxylic acids is 1. The van der Waals surface area contributed by atoms with Gasteiger partial charge in [-0.25, -0.2) is 12.8 Å². The topological polar surface area (TPSA) is 93.7 Å². The SMILES string of the molecule is O=C(Nc1ccc2c(c1)OCO2)c1ccccc1NS(=O)(=O)c1ccccc1F. The Morgan fingerprint density at radius 1 is 0.931 bits per heavy atom. The molecule has 0 bridgehead atoms. The first-order valence-electron chi connectivity index (χ1n) is 8.51. The van der Waals surface area contributed by atoms with E-state index in [0.717, 1.165) is 12.1 Å². The van der Waals surface area contributed by atoms with E-state index in [1.807, 2.05) is 0 Å². The highest BCUT2D eigenvalue weighted by atomic mass is 32.2. The fourth-order valence-electron chi connectivity index (χ4n) is 2.81. The number of nitrogens with one attached hydrogen (secondary N) is 2. The molecule has 0 atom stereocenters. The molecule has 0 fully saturated rings. The summed E-state index contributed by atoms with van der Waals surface area (Å²) < 4.78 is 51.8. The monoisotopic (exact) mass is 414 g/mol. The number of para-hydroxylation sites is 1. The van der Waals surface area contributed by atoms with Crippen LogP contribution in [0.25, 0.3) is 0 Å². The second kappa shape index (κ2) is 7.44. The zero-order valence-electron chi connectivity index (χ0n) is 14.9. The summed E-state index contributed by atoms with van der Waals surface area (Å²) in [7, 11) is -4.22. The zero-order chi connectivity index (χ0) is 20.4. The summed E-state index contributed by atoms with van der Waals surface area (Å²) in [4.78, 5) is 12.2. The molecule has 1 heterocycles. The molecular weight excluding hydrogens is 399 g/mol. The van der Waals surface area contributed by atoms with Crippen LogP contribution < -0.4 is 19.5 Å². The van der Waals surface area contributed by atoms with Crippen molar-refractivity contribution in [1.82, 2.24) is 0 Å². The molecule has 1 aliphatic rings. The first-order valence-corrected chi connectivity index (χ1v) is 10.00. The van der Waals surface area contributed by atoms with Crippen molar-refractivity contribution in [3.8, 4) is 11.5 Å². The molecule has 1 amide bonds. The van der Waals surface area contributed by atoms with Crippen LogP contribution >= 0.6 is 0 Å². The van der Waals surface area contributed by atoms with E-state index < -0.39 is 26.6 Å². The number of halogens is 1. The summed E-state index contributed by atoms with van der Waals surface area (Å²) in [6.07, 6.45) is 0. The van der Waals surface area contributed by atoms with Crippen LogP contribution in [-0.4, -0.2) is 21.1 Å². The van der Waals surface area contributed by atoms with Crippen molar-refractivity contribution in [2.24, 2.45) is 0 Å². The number of hydrogen-bond donors (Lipinski definition) is 2. The summed E-state index contributed by atoms with van der Waals surface area (Å²) >= 11 is 0. The summed E-state index contributed by atoms with van der Waals surface area (Å²) in [6.45, 7) is 0.105. The van der Waals surface area contributed by atoms with Gasteiger partial charge in [0.2, 0.25) is 6.79 Å². The molecule has 1 aliphatic heterocycles. The summed E-state index contributed by atoms with van der Waals surface area (Å²) in [5.74, 6) is -0.365. The first kappa shape index (κ1) is 18.8. The van der Waals surface area contributed by atoms with Gasteiger partial charge in [-0.05, 0) is 36.4 Å². The smallest absolute Gasteiger partial charge is 0.264 e. The van der Waals surface area contributed by atoms with Gasteiger partial charge in [0.25, 0.3) is 15.9 Å². The third kappa shape index (κ3) is 3.85. The van der Waals surface area contributed by atoms with Gasteiger partial charge in [-0.15, -0.1) is 0 Å². The Labute approximate surface area is 166 Å². The van der Waals surface area contributed by atoms with Crippen molar-refractivity contribution in [2.45, 2.75) is 4.90 Å². The lowest BCUT2D eigenvalue weighted by Crippen LogP contribution is -2.19. The zero-order valence-corrected chi connectivity index (χ0v) is 15.7. The van der Waals surface area contributed by atoms with Crippen LogP contribution in [0.15, 0.2) is 71.6 Å². The van der Waals surface area contributed by atoms with Crippen LogP contribution in [0.2, 0.25) is 0 Å². The molecule has 7 nitrogen and oxygen atoms in total. The van der Waals surface area contributed by atoms with Gasteiger partial charge in [0.1, 0.15) is 10.7 Å². The van der Waals surface area contributed by atoms with Crippen LogP contribution in [0.3, 0.4) is 0 Å². The minimum absolute atomic E-state index is 0.0222. The van der Waals surface area contributed by atoms with Crippen LogP contribution in [0.5, 0.6) is 11.5 Å². The molecule has 0 saturated carbocycles. The number of benzene rings is 3. The Morgan fingerprint density at radius 2 is 1.66 bits per heavy atom. The van der Waals surface area contributed by atoms with E-state index in [1.165, 1.54) is 24.3 Å². The van der Waals surface area contributed by atoms with Crippen molar-refractivity contribution in [3.63, 3.8) is 0 Å². The highest BCUT2D eigenvalue weighted by Crippen LogP contribution is 2.34. The molecule has 4 rings (SSSR count). The molecule has 2 N–H and O–H groups in total. The molecular formula is C20H15FN2O5S. The number of hydrogen-bond acceptors (Lipinski definition) is 5. The standard InChI is InChI=1S/C20H15FN2O5S/c21-15-6-2-4-8-19(15)29(25,26)23-16-7-3-1-5-14(16)20(24)22-13-9-10-17-18(11-13)28-12-27-17/h1-11,23H,12H2,(H,22,24). The summed E-state index contributed by atoms with van der Waals surface area (Å²) in [6, 6.07) is 15.9. The minimum atomic E-state index is -4.22. The van der Waals surface area contributed by atoms with Crippen LogP contribution in [-0.2, 0) is 10.0 Å². The molecule has 148 valence electrons. The Balaban J connectivity index is 1.60. The van der Waals surface area contributed by atoms with Gasteiger partial charge >= 0.3 is 0 Å². The Bertz CT molecular complexity index is 1200. The fourth-order valence-corrected chi connectivity index (χ4v) is 3.97. The fraction of sp³-hybridized carbons (Fsp3) is 0.0500. The predicted octanol–water partition coefficient (Wildman–Crippen LogP) is 3.61. The molecule has 0 saturated heterocycles. The summed E-state index contributed by atoms with van der Waals surface area (Å²) in [5.41, 5.74) is 0.546. The Hall–Kier alpha value is -3.59. The van der Waals surface area contributed by atoms with Crippen molar-refractivity contribution < 1.29 is 27.1 Å². The predicted molar refractivity (Wildman–Crippen MR) is 104 cm³/mol. The van der Waals surface area contributed by atoms with Crippen molar-refractivity contribution in [1.29, 1.82) is 0 Å². The lowest BCUT2D eigenvalue weighted by Gasteiger charge is -2.13. The van der Waals surface area contributed by atoms with Gasteiger partial charge in [0.05, 0.1) is 11.3 Å². The Kier molecular flexibility index (Phi) is 4.81. The lowest BCUT2D eigenvalue weighted by molar-refractivity contribution is 0.102. The molecule has 3 aromatic carbocycles. The third-order valence-electron chi connectivity index (χ3n) is 4.17. The van der Waals surface area contributed by atoms with Gasteiger partial charge in [-0.2, -0.15) is 0 Å². The average molecular weight is 414 g/mol. The maximum atomic E-state index is 13.9. The van der Waals surface area contributed by atoms with Gasteiger partial charge in [0, 0.05) is 11.8 Å². The quantitative estimate of drug-likeness (QED) is 0.665. The number of carbonyl (C=O) groups is 1. The second-order valence-electron chi connectivity index (χ2n) is 6.10. The average Bonchev–Trinajstić information content (AvgIpc) is 3.16. The normalized spacial score (nSPS) is 12.4. The van der Waals surface area contributed by atoms with Gasteiger partial charge < -0.3 is 14.8 Å². The molecule has 0 spiro atoms. The van der Waals surface area contributed by atoms with Gasteiger partial charge in [-0.3, -0.25) is 9.52 Å². The van der Waals surface area contributed by atoms with Crippen molar-refractivity contribution >= 4 is 27.3 Å². The molecule has 0 aromatic heterocycles. The number of rotatable bonds is 5. The summed E-state index contributed by atoms with van der Waals surface area (Å²) in [5, 5.41) is 2.68. The number of sulfonamides is 1. The molecule has 0 aliphatic carbocycles. The van der Waals surface area contributed by atoms with Gasteiger partial charge in [0.15, 0.2) is 11.5 Å². The van der Waals surface area contributed by atoms with Gasteiger partial charge in [-0.1, -0.05) is 24.3 Å². The largest absolute Gasteiger partial charge is 0.454 e. The highest BCUT2D eigenvalue weighted by Gasteiger charge is 2.22. The third-order valence-corrected chi connectivity index (χ3v) is 5.57. The van der Waals surface area contributed by atoms with Crippen LogP contribution in [0, 0.1) is 5.82 Å². The number of anilines is 2. The maximum Gasteiger partial charge on any atom is 0.264 e. The van der Waals surface area contributed by atoms with Crippen LogP contribution in [0.4, 0.5) is 15.8 Å². The molecule has 29 heavy (non-hydrogen) atoms. The molecule has 0 unspecified atom stereocenters. The van der Waals surface area contributed by atoms with Crippen molar-refractivity contribution in [2.75, 3.05) is 16.8 Å². The minimum Gasteiger partial charge on any atom is -0.454 e. The van der Waals surface area contributed by atoms with E-state index in [1.54, 1.807) is 30.3 Å². The second-order valence-corrected chi connectivity index (χ2v) is 7.75. The van der Waals surface area contributed by atoms with E-state index in [2.05, 4.69) is 10.0 Å². The van der Waals surface area contributed by atoms with Crippen LogP contribution in [0.1, 0.15) is 10.4 Å². The molecule has 0 radical (unpaired) electrons. The van der Waals surface area contributed by atoms with E-state index in [-0.39, 0.29) is 18.0 Å². The number of amides is 1. The van der Waals surface area contributed by atoms with E-state index >= 15 is 0 Å². The van der Waals surface area contributed by atoms with Crippen molar-refractivity contribution in [3.05, 3.63) is 78.1 Å². The maximum absolute atomic E-state index is 13.9. The molecule has 3 aromatic rings. The number of ether oxygens (including phenoxy) is 2. The van der Waals surface area contributed by atoms with E-state index in [4.69, 9.17) is 9.47 Å². The first-order chi connectivity index (χ1) is 13.9. The van der Waals surface area contributed by atoms with E-state index in [9.17, 15) is 17.6 Å². The number of fused-ring (bicyclic) bond motifs is 1. The Morgan fingerprint density at radius 3 is 2.48 bits per heavy atom.